The number of nitro benzene ring substituents is 1. The molecule has 0 aromatic heterocycles. The lowest BCUT2D eigenvalue weighted by Gasteiger charge is -2.05. The average molecular weight is 231 g/mol. The van der Waals surface area contributed by atoms with Crippen LogP contribution in [0.15, 0.2) is 53.4 Å². The molecule has 2 rings (SSSR count). The molecule has 0 fully saturated rings. The van der Waals surface area contributed by atoms with Gasteiger partial charge in [-0.1, -0.05) is 36.4 Å². The van der Waals surface area contributed by atoms with Gasteiger partial charge in [0.05, 0.1) is 10.5 Å². The van der Waals surface area contributed by atoms with Gasteiger partial charge in [-0.2, -0.15) is 0 Å². The molecular formula is C12H9NO2S. The van der Waals surface area contributed by atoms with Gasteiger partial charge in [0, 0.05) is 11.0 Å². The second-order valence-electron chi connectivity index (χ2n) is 3.29. The fourth-order valence-electron chi connectivity index (χ4n) is 1.58. The Bertz CT molecular complexity index is 526. The first-order chi connectivity index (χ1) is 7.70. The van der Waals surface area contributed by atoms with Crippen molar-refractivity contribution in [2.24, 2.45) is 0 Å². The van der Waals surface area contributed by atoms with Crippen molar-refractivity contribution in [1.82, 2.24) is 0 Å². The van der Waals surface area contributed by atoms with Crippen LogP contribution in [0.2, 0.25) is 0 Å². The first-order valence-corrected chi connectivity index (χ1v) is 5.16. The van der Waals surface area contributed by atoms with Gasteiger partial charge in [0.15, 0.2) is 0 Å². The standard InChI is InChI=1S/C12H9NO2S/c14-13(15)10-7-4-8-11(16)12(10)9-5-2-1-3-6-9/h1-8,16H. The summed E-state index contributed by atoms with van der Waals surface area (Å²) in [5.74, 6) is 0. The van der Waals surface area contributed by atoms with Crippen molar-refractivity contribution in [1.29, 1.82) is 0 Å². The molecule has 0 N–H and O–H groups in total. The molecule has 0 aliphatic heterocycles. The van der Waals surface area contributed by atoms with E-state index in [0.717, 1.165) is 5.56 Å². The van der Waals surface area contributed by atoms with E-state index in [1.807, 2.05) is 30.3 Å². The summed E-state index contributed by atoms with van der Waals surface area (Å²) in [7, 11) is 0. The molecule has 2 aromatic carbocycles. The maximum atomic E-state index is 10.9. The largest absolute Gasteiger partial charge is 0.278 e. The molecule has 0 amide bonds. The van der Waals surface area contributed by atoms with Crippen LogP contribution in [0.3, 0.4) is 0 Å². The Balaban J connectivity index is 2.68. The quantitative estimate of drug-likeness (QED) is 0.488. The molecule has 0 saturated heterocycles. The summed E-state index contributed by atoms with van der Waals surface area (Å²) in [5, 5.41) is 10.9. The molecule has 0 saturated carbocycles. The Hall–Kier alpha value is -1.81. The van der Waals surface area contributed by atoms with Crippen LogP contribution in [0.25, 0.3) is 11.1 Å². The maximum Gasteiger partial charge on any atom is 0.278 e. The van der Waals surface area contributed by atoms with Crippen LogP contribution in [0.4, 0.5) is 5.69 Å². The molecule has 80 valence electrons. The van der Waals surface area contributed by atoms with Gasteiger partial charge >= 0.3 is 0 Å². The van der Waals surface area contributed by atoms with Crippen molar-refractivity contribution in [3.8, 4) is 11.1 Å². The monoisotopic (exact) mass is 231 g/mol. The van der Waals surface area contributed by atoms with E-state index in [1.54, 1.807) is 12.1 Å². The fourth-order valence-corrected chi connectivity index (χ4v) is 1.91. The van der Waals surface area contributed by atoms with E-state index in [0.29, 0.717) is 10.5 Å². The zero-order chi connectivity index (χ0) is 11.5. The first-order valence-electron chi connectivity index (χ1n) is 4.72. The summed E-state index contributed by atoms with van der Waals surface area (Å²) >= 11 is 4.27. The highest BCUT2D eigenvalue weighted by molar-refractivity contribution is 7.80. The van der Waals surface area contributed by atoms with Crippen LogP contribution in [0.1, 0.15) is 0 Å². The number of benzene rings is 2. The molecule has 0 aliphatic carbocycles. The van der Waals surface area contributed by atoms with E-state index < -0.39 is 0 Å². The fraction of sp³-hybridized carbons (Fsp3) is 0. The minimum Gasteiger partial charge on any atom is -0.258 e. The van der Waals surface area contributed by atoms with Crippen molar-refractivity contribution < 1.29 is 4.92 Å². The van der Waals surface area contributed by atoms with Gasteiger partial charge < -0.3 is 0 Å². The molecule has 0 spiro atoms. The third-order valence-corrected chi connectivity index (χ3v) is 2.65. The Morgan fingerprint density at radius 2 is 1.69 bits per heavy atom. The highest BCUT2D eigenvalue weighted by atomic mass is 32.1. The normalized spacial score (nSPS) is 10.1. The molecule has 0 aliphatic rings. The smallest absolute Gasteiger partial charge is 0.258 e. The van der Waals surface area contributed by atoms with Crippen LogP contribution in [-0.2, 0) is 0 Å². The summed E-state index contributed by atoms with van der Waals surface area (Å²) in [6.07, 6.45) is 0. The molecular weight excluding hydrogens is 222 g/mol. The molecule has 0 atom stereocenters. The van der Waals surface area contributed by atoms with E-state index in [9.17, 15) is 10.1 Å². The predicted molar refractivity (Wildman–Crippen MR) is 65.8 cm³/mol. The van der Waals surface area contributed by atoms with Crippen molar-refractivity contribution in [2.45, 2.75) is 4.90 Å². The second-order valence-corrected chi connectivity index (χ2v) is 3.78. The molecule has 0 unspecified atom stereocenters. The van der Waals surface area contributed by atoms with Gasteiger partial charge in [-0.05, 0) is 11.6 Å². The maximum absolute atomic E-state index is 10.9. The Kier molecular flexibility index (Phi) is 2.92. The lowest BCUT2D eigenvalue weighted by molar-refractivity contribution is -0.384. The van der Waals surface area contributed by atoms with Crippen molar-refractivity contribution >= 4 is 18.3 Å². The van der Waals surface area contributed by atoms with E-state index in [-0.39, 0.29) is 10.6 Å². The number of rotatable bonds is 2. The summed E-state index contributed by atoms with van der Waals surface area (Å²) in [5.41, 5.74) is 1.45. The minimum absolute atomic E-state index is 0.0821. The number of hydrogen-bond donors (Lipinski definition) is 1. The molecule has 0 heterocycles. The van der Waals surface area contributed by atoms with E-state index in [4.69, 9.17) is 0 Å². The molecule has 2 aromatic rings. The van der Waals surface area contributed by atoms with Crippen LogP contribution in [0, 0.1) is 10.1 Å². The van der Waals surface area contributed by atoms with Crippen LogP contribution in [-0.4, -0.2) is 4.92 Å². The first kappa shape index (κ1) is 10.7. The van der Waals surface area contributed by atoms with Crippen LogP contribution < -0.4 is 0 Å². The lowest BCUT2D eigenvalue weighted by atomic mass is 10.0. The summed E-state index contributed by atoms with van der Waals surface area (Å²) in [4.78, 5) is 11.1. The van der Waals surface area contributed by atoms with E-state index in [2.05, 4.69) is 12.6 Å². The SMILES string of the molecule is O=[N+]([O-])c1cccc(S)c1-c1ccccc1. The van der Waals surface area contributed by atoms with Gasteiger partial charge in [0.1, 0.15) is 0 Å². The number of thiol groups is 1. The predicted octanol–water partition coefficient (Wildman–Crippen LogP) is 3.55. The Morgan fingerprint density at radius 1 is 1.00 bits per heavy atom. The molecule has 0 bridgehead atoms. The summed E-state index contributed by atoms with van der Waals surface area (Å²) < 4.78 is 0. The highest BCUT2D eigenvalue weighted by Gasteiger charge is 2.16. The second kappa shape index (κ2) is 4.37. The average Bonchev–Trinajstić information content (AvgIpc) is 2.29. The molecule has 0 radical (unpaired) electrons. The molecule has 3 nitrogen and oxygen atoms in total. The number of hydrogen-bond acceptors (Lipinski definition) is 3. The number of nitro groups is 1. The summed E-state index contributed by atoms with van der Waals surface area (Å²) in [6, 6.07) is 14.1. The Labute approximate surface area is 98.3 Å². The third-order valence-electron chi connectivity index (χ3n) is 2.28. The zero-order valence-electron chi connectivity index (χ0n) is 8.33. The van der Waals surface area contributed by atoms with E-state index >= 15 is 0 Å². The summed E-state index contributed by atoms with van der Waals surface area (Å²) in [6.45, 7) is 0. The van der Waals surface area contributed by atoms with Crippen molar-refractivity contribution in [3.05, 3.63) is 58.6 Å². The van der Waals surface area contributed by atoms with Gasteiger partial charge in [-0.25, -0.2) is 0 Å². The topological polar surface area (TPSA) is 43.1 Å². The van der Waals surface area contributed by atoms with Crippen molar-refractivity contribution in [3.63, 3.8) is 0 Å². The molecule has 16 heavy (non-hydrogen) atoms. The lowest BCUT2D eigenvalue weighted by Crippen LogP contribution is -1.92. The van der Waals surface area contributed by atoms with Gasteiger partial charge in [0.2, 0.25) is 0 Å². The Morgan fingerprint density at radius 3 is 2.31 bits per heavy atom. The van der Waals surface area contributed by atoms with E-state index in [1.165, 1.54) is 6.07 Å². The third kappa shape index (κ3) is 1.92. The number of nitrogens with zero attached hydrogens (tertiary/aromatic N) is 1. The van der Waals surface area contributed by atoms with Crippen LogP contribution >= 0.6 is 12.6 Å². The van der Waals surface area contributed by atoms with Gasteiger partial charge in [-0.3, -0.25) is 10.1 Å². The highest BCUT2D eigenvalue weighted by Crippen LogP contribution is 2.34. The zero-order valence-corrected chi connectivity index (χ0v) is 9.22. The van der Waals surface area contributed by atoms with Gasteiger partial charge in [0.25, 0.3) is 5.69 Å². The minimum atomic E-state index is -0.387. The van der Waals surface area contributed by atoms with Gasteiger partial charge in [-0.15, -0.1) is 12.6 Å². The molecule has 4 heteroatoms. The van der Waals surface area contributed by atoms with Crippen molar-refractivity contribution in [2.75, 3.05) is 0 Å². The van der Waals surface area contributed by atoms with Crippen LogP contribution in [0.5, 0.6) is 0 Å².